The van der Waals surface area contributed by atoms with Gasteiger partial charge in [-0.05, 0) is 56.8 Å². The van der Waals surface area contributed by atoms with E-state index in [2.05, 4.69) is 4.90 Å². The number of primary amides is 1. The van der Waals surface area contributed by atoms with Gasteiger partial charge in [-0.2, -0.15) is 0 Å². The van der Waals surface area contributed by atoms with Gasteiger partial charge in [0.05, 0.1) is 0 Å². The molecule has 2 fully saturated rings. The molecule has 0 radical (unpaired) electrons. The quantitative estimate of drug-likeness (QED) is 0.761. The zero-order valence-electron chi connectivity index (χ0n) is 11.3. The maximum absolute atomic E-state index is 10.7. The fourth-order valence-corrected chi connectivity index (χ4v) is 3.26. The Morgan fingerprint density at radius 2 is 1.83 bits per heavy atom. The summed E-state index contributed by atoms with van der Waals surface area (Å²) in [5.41, 5.74) is 5.12. The summed E-state index contributed by atoms with van der Waals surface area (Å²) in [6.07, 6.45) is 13.1. The highest BCUT2D eigenvalue weighted by Crippen LogP contribution is 2.28. The van der Waals surface area contributed by atoms with Crippen molar-refractivity contribution in [2.75, 3.05) is 19.6 Å². The molecule has 1 amide bonds. The van der Waals surface area contributed by atoms with Crippen LogP contribution in [0.3, 0.4) is 0 Å². The first-order valence-corrected chi connectivity index (χ1v) is 7.44. The Bertz CT molecular complexity index is 287. The Hall–Kier alpha value is -0.830. The van der Waals surface area contributed by atoms with E-state index in [1.807, 2.05) is 6.08 Å². The second-order valence-electron chi connectivity index (χ2n) is 5.88. The number of rotatable bonds is 5. The van der Waals surface area contributed by atoms with Crippen molar-refractivity contribution in [3.05, 3.63) is 12.2 Å². The van der Waals surface area contributed by atoms with Gasteiger partial charge in [-0.1, -0.05) is 31.8 Å². The first kappa shape index (κ1) is 13.6. The Morgan fingerprint density at radius 3 is 2.44 bits per heavy atom. The van der Waals surface area contributed by atoms with Crippen molar-refractivity contribution in [1.29, 1.82) is 0 Å². The van der Waals surface area contributed by atoms with E-state index in [0.29, 0.717) is 5.92 Å². The molecule has 0 aromatic carbocycles. The highest BCUT2D eigenvalue weighted by Gasteiger charge is 2.20. The molecule has 1 saturated carbocycles. The zero-order chi connectivity index (χ0) is 12.8. The van der Waals surface area contributed by atoms with Crippen molar-refractivity contribution in [1.82, 2.24) is 4.90 Å². The van der Waals surface area contributed by atoms with E-state index in [1.165, 1.54) is 70.7 Å². The van der Waals surface area contributed by atoms with Crippen molar-refractivity contribution in [3.63, 3.8) is 0 Å². The first-order valence-electron chi connectivity index (χ1n) is 7.44. The van der Waals surface area contributed by atoms with E-state index in [-0.39, 0.29) is 5.91 Å². The zero-order valence-corrected chi connectivity index (χ0v) is 11.3. The third kappa shape index (κ3) is 4.45. The summed E-state index contributed by atoms with van der Waals surface area (Å²) in [6.45, 7) is 3.64. The summed E-state index contributed by atoms with van der Waals surface area (Å²) in [7, 11) is 0. The third-order valence-corrected chi connectivity index (χ3v) is 4.49. The van der Waals surface area contributed by atoms with E-state index < -0.39 is 0 Å². The van der Waals surface area contributed by atoms with Crippen LogP contribution in [-0.2, 0) is 4.79 Å². The number of nitrogens with two attached hydrogens (primary N) is 1. The summed E-state index contributed by atoms with van der Waals surface area (Å²) in [5, 5.41) is 0. The maximum Gasteiger partial charge on any atom is 0.241 e. The topological polar surface area (TPSA) is 46.3 Å². The predicted octanol–water partition coefficient (Wildman–Crippen LogP) is 2.32. The molecule has 0 aromatic rings. The number of hydrogen-bond acceptors (Lipinski definition) is 2. The van der Waals surface area contributed by atoms with E-state index >= 15 is 0 Å². The number of likely N-dealkylation sites (tertiary alicyclic amines) is 1. The number of piperidine rings is 1. The molecule has 0 bridgehead atoms. The maximum atomic E-state index is 10.7. The number of carbonyl (C=O) groups excluding carboxylic acids is 1. The van der Waals surface area contributed by atoms with Gasteiger partial charge < -0.3 is 10.6 Å². The van der Waals surface area contributed by atoms with Crippen LogP contribution in [0, 0.1) is 11.8 Å². The number of nitrogens with zero attached hydrogens (tertiary/aromatic N) is 1. The summed E-state index contributed by atoms with van der Waals surface area (Å²) in [4.78, 5) is 13.3. The highest BCUT2D eigenvalue weighted by molar-refractivity contribution is 5.85. The monoisotopic (exact) mass is 250 g/mol. The van der Waals surface area contributed by atoms with Gasteiger partial charge in [0, 0.05) is 0 Å². The van der Waals surface area contributed by atoms with Gasteiger partial charge >= 0.3 is 0 Å². The normalized spacial score (nSPS) is 24.0. The van der Waals surface area contributed by atoms with Gasteiger partial charge in [-0.25, -0.2) is 0 Å². The summed E-state index contributed by atoms with van der Waals surface area (Å²) >= 11 is 0. The molecule has 2 rings (SSSR count). The lowest BCUT2D eigenvalue weighted by molar-refractivity contribution is -0.113. The Morgan fingerprint density at radius 1 is 1.17 bits per heavy atom. The molecule has 2 aliphatic rings. The molecule has 0 unspecified atom stereocenters. The molecule has 102 valence electrons. The second kappa shape index (κ2) is 6.93. The number of hydrogen-bond donors (Lipinski definition) is 1. The van der Waals surface area contributed by atoms with Crippen LogP contribution in [0.15, 0.2) is 12.2 Å². The summed E-state index contributed by atoms with van der Waals surface area (Å²) in [5.74, 6) is 1.23. The van der Waals surface area contributed by atoms with Gasteiger partial charge in [0.2, 0.25) is 5.91 Å². The molecule has 1 saturated heterocycles. The first-order chi connectivity index (χ1) is 8.74. The molecule has 0 atom stereocenters. The molecule has 3 nitrogen and oxygen atoms in total. The largest absolute Gasteiger partial charge is 0.366 e. The second-order valence-corrected chi connectivity index (χ2v) is 5.88. The Balaban J connectivity index is 1.62. The summed E-state index contributed by atoms with van der Waals surface area (Å²) < 4.78 is 0. The van der Waals surface area contributed by atoms with Crippen LogP contribution in [-0.4, -0.2) is 30.4 Å². The van der Waals surface area contributed by atoms with Gasteiger partial charge in [0.1, 0.15) is 0 Å². The molecule has 2 N–H and O–H groups in total. The highest BCUT2D eigenvalue weighted by atomic mass is 16.1. The fourth-order valence-electron chi connectivity index (χ4n) is 3.26. The van der Waals surface area contributed by atoms with Gasteiger partial charge in [-0.3, -0.25) is 4.79 Å². The third-order valence-electron chi connectivity index (χ3n) is 4.49. The number of amides is 1. The van der Waals surface area contributed by atoms with Crippen LogP contribution in [0.2, 0.25) is 0 Å². The van der Waals surface area contributed by atoms with Gasteiger partial charge in [0.15, 0.2) is 0 Å². The minimum Gasteiger partial charge on any atom is -0.366 e. The van der Waals surface area contributed by atoms with Gasteiger partial charge in [-0.15, -0.1) is 0 Å². The van der Waals surface area contributed by atoms with Crippen molar-refractivity contribution < 1.29 is 4.79 Å². The molecule has 1 heterocycles. The number of carbonyl (C=O) groups is 1. The lowest BCUT2D eigenvalue weighted by atomic mass is 9.95. The van der Waals surface area contributed by atoms with E-state index in [0.717, 1.165) is 5.92 Å². The molecule has 1 aliphatic carbocycles. The molecular weight excluding hydrogens is 224 g/mol. The van der Waals surface area contributed by atoms with Crippen LogP contribution in [0.4, 0.5) is 0 Å². The van der Waals surface area contributed by atoms with Gasteiger partial charge in [0.25, 0.3) is 0 Å². The molecule has 18 heavy (non-hydrogen) atoms. The van der Waals surface area contributed by atoms with E-state index in [9.17, 15) is 4.79 Å². The Labute approximate surface area is 110 Å². The minimum atomic E-state index is -0.321. The minimum absolute atomic E-state index is 0.321. The van der Waals surface area contributed by atoms with Crippen molar-refractivity contribution >= 4 is 5.91 Å². The average molecular weight is 250 g/mol. The van der Waals surface area contributed by atoms with Crippen molar-refractivity contribution in [3.8, 4) is 0 Å². The van der Waals surface area contributed by atoms with E-state index in [4.69, 9.17) is 5.73 Å². The van der Waals surface area contributed by atoms with Crippen LogP contribution >= 0.6 is 0 Å². The molecule has 0 spiro atoms. The SMILES string of the molecule is NC(=O)C=CC1CCN(CCC2CCCC2)CC1. The van der Waals surface area contributed by atoms with Crippen LogP contribution in [0.5, 0.6) is 0 Å². The molecule has 1 aliphatic heterocycles. The lowest BCUT2D eigenvalue weighted by Gasteiger charge is -2.31. The number of allylic oxidation sites excluding steroid dienone is 1. The van der Waals surface area contributed by atoms with Crippen molar-refractivity contribution in [2.24, 2.45) is 17.6 Å². The predicted molar refractivity (Wildman–Crippen MR) is 74.1 cm³/mol. The van der Waals surface area contributed by atoms with Crippen LogP contribution < -0.4 is 5.73 Å². The van der Waals surface area contributed by atoms with Crippen LogP contribution in [0.1, 0.15) is 44.9 Å². The van der Waals surface area contributed by atoms with E-state index in [1.54, 1.807) is 0 Å². The Kier molecular flexibility index (Phi) is 5.24. The molecular formula is C15H26N2O. The van der Waals surface area contributed by atoms with Crippen LogP contribution in [0.25, 0.3) is 0 Å². The molecule has 0 aromatic heterocycles. The average Bonchev–Trinajstić information content (AvgIpc) is 2.88. The standard InChI is InChI=1S/C15H26N2O/c16-15(18)6-5-14-8-11-17(12-9-14)10-7-13-3-1-2-4-13/h5-6,13-14H,1-4,7-12H2,(H2,16,18). The molecule has 3 heteroatoms. The smallest absolute Gasteiger partial charge is 0.241 e. The lowest BCUT2D eigenvalue weighted by Crippen LogP contribution is -2.34. The van der Waals surface area contributed by atoms with Crippen molar-refractivity contribution in [2.45, 2.75) is 44.9 Å². The summed E-state index contributed by atoms with van der Waals surface area (Å²) in [6, 6.07) is 0. The fraction of sp³-hybridized carbons (Fsp3) is 0.800.